The van der Waals surface area contributed by atoms with E-state index in [0.717, 1.165) is 19.5 Å². The summed E-state index contributed by atoms with van der Waals surface area (Å²) in [6, 6.07) is 10.4. The molecule has 3 rings (SSSR count). The number of nitrogens with one attached hydrogen (secondary N) is 2. The van der Waals surface area contributed by atoms with Gasteiger partial charge in [-0.15, -0.1) is 0 Å². The molecule has 0 saturated carbocycles. The first-order valence-corrected chi connectivity index (χ1v) is 6.96. The van der Waals surface area contributed by atoms with Gasteiger partial charge in [0.2, 0.25) is 0 Å². The second-order valence-electron chi connectivity index (χ2n) is 5.10. The van der Waals surface area contributed by atoms with Crippen molar-refractivity contribution >= 4 is 11.6 Å². The summed E-state index contributed by atoms with van der Waals surface area (Å²) in [4.78, 5) is 15.7. The van der Waals surface area contributed by atoms with Crippen LogP contribution in [-0.4, -0.2) is 24.0 Å². The molecule has 2 aromatic rings. The number of carbonyl (C=O) groups is 1. The van der Waals surface area contributed by atoms with Gasteiger partial charge in [0.05, 0.1) is 0 Å². The lowest BCUT2D eigenvalue weighted by atomic mass is 9.98. The molecule has 1 fully saturated rings. The zero-order valence-electron chi connectivity index (χ0n) is 11.5. The molecule has 0 radical (unpaired) electrons. The standard InChI is InChI=1S/C16H16FN3O/c17-14-2-1-8-19-15(14)16(21)20-13-5-3-11(4-6-13)12-7-9-18-10-12/h1-6,8,12,18H,7,9-10H2,(H,20,21). The maximum absolute atomic E-state index is 13.5. The van der Waals surface area contributed by atoms with E-state index in [2.05, 4.69) is 15.6 Å². The largest absolute Gasteiger partial charge is 0.321 e. The summed E-state index contributed by atoms with van der Waals surface area (Å²) in [5.74, 6) is -0.630. The fraction of sp³-hybridized carbons (Fsp3) is 0.250. The van der Waals surface area contributed by atoms with Crippen LogP contribution < -0.4 is 10.6 Å². The Morgan fingerprint density at radius 2 is 2.10 bits per heavy atom. The minimum absolute atomic E-state index is 0.193. The van der Waals surface area contributed by atoms with Gasteiger partial charge in [0, 0.05) is 18.4 Å². The highest BCUT2D eigenvalue weighted by Gasteiger charge is 2.17. The number of nitrogens with zero attached hydrogens (tertiary/aromatic N) is 1. The smallest absolute Gasteiger partial charge is 0.277 e. The Morgan fingerprint density at radius 1 is 1.29 bits per heavy atom. The molecule has 21 heavy (non-hydrogen) atoms. The predicted molar refractivity (Wildman–Crippen MR) is 78.8 cm³/mol. The van der Waals surface area contributed by atoms with E-state index in [-0.39, 0.29) is 5.69 Å². The van der Waals surface area contributed by atoms with Crippen LogP contribution in [0.1, 0.15) is 28.4 Å². The lowest BCUT2D eigenvalue weighted by Crippen LogP contribution is -2.15. The fourth-order valence-corrected chi connectivity index (χ4v) is 2.52. The number of anilines is 1. The third kappa shape index (κ3) is 3.08. The highest BCUT2D eigenvalue weighted by atomic mass is 19.1. The Hall–Kier alpha value is -2.27. The molecule has 1 atom stereocenters. The van der Waals surface area contributed by atoms with Gasteiger partial charge in [0.25, 0.3) is 5.91 Å². The third-order valence-corrected chi connectivity index (χ3v) is 3.67. The van der Waals surface area contributed by atoms with Crippen LogP contribution >= 0.6 is 0 Å². The van der Waals surface area contributed by atoms with Crippen molar-refractivity contribution in [2.75, 3.05) is 18.4 Å². The number of amides is 1. The Labute approximate surface area is 122 Å². The first-order chi connectivity index (χ1) is 10.2. The van der Waals surface area contributed by atoms with Crippen molar-refractivity contribution < 1.29 is 9.18 Å². The van der Waals surface area contributed by atoms with Gasteiger partial charge >= 0.3 is 0 Å². The summed E-state index contributed by atoms with van der Waals surface area (Å²) in [5.41, 5.74) is 1.70. The van der Waals surface area contributed by atoms with E-state index in [9.17, 15) is 9.18 Å². The maximum Gasteiger partial charge on any atom is 0.277 e. The Kier molecular flexibility index (Phi) is 3.92. The van der Waals surface area contributed by atoms with Crippen molar-refractivity contribution in [1.29, 1.82) is 0 Å². The SMILES string of the molecule is O=C(Nc1ccc(C2CCNC2)cc1)c1ncccc1F. The summed E-state index contributed by atoms with van der Waals surface area (Å²) in [5, 5.41) is 5.99. The Balaban J connectivity index is 1.70. The van der Waals surface area contributed by atoms with Gasteiger partial charge < -0.3 is 10.6 Å². The number of hydrogen-bond acceptors (Lipinski definition) is 3. The molecule has 1 amide bonds. The molecule has 1 unspecified atom stereocenters. The van der Waals surface area contributed by atoms with Gasteiger partial charge in [0.15, 0.2) is 11.5 Å². The molecule has 5 heteroatoms. The van der Waals surface area contributed by atoms with E-state index in [1.807, 2.05) is 24.3 Å². The molecule has 1 aromatic heterocycles. The number of aromatic nitrogens is 1. The molecule has 0 aliphatic carbocycles. The van der Waals surface area contributed by atoms with E-state index >= 15 is 0 Å². The lowest BCUT2D eigenvalue weighted by molar-refractivity contribution is 0.101. The number of rotatable bonds is 3. The summed E-state index contributed by atoms with van der Waals surface area (Å²) < 4.78 is 13.5. The molecule has 0 bridgehead atoms. The topological polar surface area (TPSA) is 54.0 Å². The van der Waals surface area contributed by atoms with Gasteiger partial charge in [0.1, 0.15) is 0 Å². The average molecular weight is 285 g/mol. The van der Waals surface area contributed by atoms with Gasteiger partial charge in [-0.25, -0.2) is 9.37 Å². The first kappa shape index (κ1) is 13.7. The molecule has 108 valence electrons. The van der Waals surface area contributed by atoms with Crippen molar-refractivity contribution in [3.63, 3.8) is 0 Å². The van der Waals surface area contributed by atoms with Crippen LogP contribution in [0.5, 0.6) is 0 Å². The van der Waals surface area contributed by atoms with Crippen LogP contribution in [0.25, 0.3) is 0 Å². The van der Waals surface area contributed by atoms with E-state index < -0.39 is 11.7 Å². The van der Waals surface area contributed by atoms with Crippen LogP contribution in [0.15, 0.2) is 42.6 Å². The van der Waals surface area contributed by atoms with E-state index in [1.165, 1.54) is 23.9 Å². The van der Waals surface area contributed by atoms with Crippen molar-refractivity contribution in [3.05, 3.63) is 59.7 Å². The maximum atomic E-state index is 13.5. The fourth-order valence-electron chi connectivity index (χ4n) is 2.52. The molecule has 1 aliphatic heterocycles. The number of pyridine rings is 1. The second-order valence-corrected chi connectivity index (χ2v) is 5.10. The minimum Gasteiger partial charge on any atom is -0.321 e. The van der Waals surface area contributed by atoms with E-state index in [4.69, 9.17) is 0 Å². The molecule has 2 N–H and O–H groups in total. The van der Waals surface area contributed by atoms with Crippen LogP contribution in [0.2, 0.25) is 0 Å². The zero-order valence-corrected chi connectivity index (χ0v) is 11.5. The van der Waals surface area contributed by atoms with Crippen molar-refractivity contribution in [1.82, 2.24) is 10.3 Å². The molecule has 4 nitrogen and oxygen atoms in total. The Morgan fingerprint density at radius 3 is 2.76 bits per heavy atom. The van der Waals surface area contributed by atoms with Gasteiger partial charge in [-0.05, 0) is 48.7 Å². The predicted octanol–water partition coefficient (Wildman–Crippen LogP) is 2.55. The first-order valence-electron chi connectivity index (χ1n) is 6.96. The molecular formula is C16H16FN3O. The van der Waals surface area contributed by atoms with Crippen molar-refractivity contribution in [3.8, 4) is 0 Å². The average Bonchev–Trinajstić information content (AvgIpc) is 3.02. The van der Waals surface area contributed by atoms with Crippen LogP contribution in [0.3, 0.4) is 0 Å². The molecule has 1 aromatic carbocycles. The van der Waals surface area contributed by atoms with Crippen molar-refractivity contribution in [2.24, 2.45) is 0 Å². The molecule has 0 spiro atoms. The van der Waals surface area contributed by atoms with Gasteiger partial charge in [-0.1, -0.05) is 12.1 Å². The highest BCUT2D eigenvalue weighted by Crippen LogP contribution is 2.23. The molecule has 2 heterocycles. The molecular weight excluding hydrogens is 269 g/mol. The number of benzene rings is 1. The van der Waals surface area contributed by atoms with Gasteiger partial charge in [-0.2, -0.15) is 0 Å². The van der Waals surface area contributed by atoms with Crippen LogP contribution in [-0.2, 0) is 0 Å². The van der Waals surface area contributed by atoms with E-state index in [1.54, 1.807) is 0 Å². The molecule has 1 saturated heterocycles. The number of carbonyl (C=O) groups excluding carboxylic acids is 1. The van der Waals surface area contributed by atoms with Crippen LogP contribution in [0, 0.1) is 5.82 Å². The lowest BCUT2D eigenvalue weighted by Gasteiger charge is -2.10. The summed E-state index contributed by atoms with van der Waals surface area (Å²) in [7, 11) is 0. The summed E-state index contributed by atoms with van der Waals surface area (Å²) >= 11 is 0. The number of halogens is 1. The van der Waals surface area contributed by atoms with Gasteiger partial charge in [-0.3, -0.25) is 4.79 Å². The Bertz CT molecular complexity index is 636. The third-order valence-electron chi connectivity index (χ3n) is 3.67. The zero-order chi connectivity index (χ0) is 14.7. The summed E-state index contributed by atoms with van der Waals surface area (Å²) in [6.07, 6.45) is 2.53. The van der Waals surface area contributed by atoms with Crippen molar-refractivity contribution in [2.45, 2.75) is 12.3 Å². The second kappa shape index (κ2) is 6.01. The minimum atomic E-state index is -0.622. The summed E-state index contributed by atoms with van der Waals surface area (Å²) in [6.45, 7) is 2.03. The number of hydrogen-bond donors (Lipinski definition) is 2. The normalized spacial score (nSPS) is 17.7. The molecule has 1 aliphatic rings. The quantitative estimate of drug-likeness (QED) is 0.911. The monoisotopic (exact) mass is 285 g/mol. The van der Waals surface area contributed by atoms with E-state index in [0.29, 0.717) is 11.6 Å². The van der Waals surface area contributed by atoms with Crippen LogP contribution in [0.4, 0.5) is 10.1 Å². The highest BCUT2D eigenvalue weighted by molar-refractivity contribution is 6.02.